The highest BCUT2D eigenvalue weighted by atomic mass is 32.2. The Bertz CT molecular complexity index is 955. The van der Waals surface area contributed by atoms with Gasteiger partial charge in [-0.3, -0.25) is 4.79 Å². The van der Waals surface area contributed by atoms with Crippen molar-refractivity contribution in [1.82, 2.24) is 4.31 Å². The molecule has 0 aromatic heterocycles. The van der Waals surface area contributed by atoms with Crippen molar-refractivity contribution < 1.29 is 17.9 Å². The minimum atomic E-state index is -3.65. The van der Waals surface area contributed by atoms with E-state index in [0.29, 0.717) is 31.1 Å². The molecule has 1 aliphatic heterocycles. The Morgan fingerprint density at radius 3 is 2.55 bits per heavy atom. The molecule has 2 aromatic rings. The van der Waals surface area contributed by atoms with Crippen LogP contribution in [0.2, 0.25) is 0 Å². The summed E-state index contributed by atoms with van der Waals surface area (Å²) < 4.78 is 32.5. The van der Waals surface area contributed by atoms with E-state index in [-0.39, 0.29) is 23.3 Å². The van der Waals surface area contributed by atoms with Crippen molar-refractivity contribution in [1.29, 1.82) is 0 Å². The van der Waals surface area contributed by atoms with E-state index in [1.54, 1.807) is 12.1 Å². The highest BCUT2D eigenvalue weighted by Crippen LogP contribution is 2.26. The number of piperidine rings is 1. The van der Waals surface area contributed by atoms with Gasteiger partial charge in [-0.05, 0) is 60.7 Å². The minimum Gasteiger partial charge on any atom is -0.497 e. The zero-order chi connectivity index (χ0) is 21.0. The van der Waals surface area contributed by atoms with Crippen molar-refractivity contribution in [3.05, 3.63) is 54.1 Å². The third-order valence-corrected chi connectivity index (χ3v) is 7.15. The number of amides is 1. The molecule has 1 aliphatic rings. The molecule has 2 aromatic carbocycles. The van der Waals surface area contributed by atoms with Gasteiger partial charge in [0.1, 0.15) is 5.75 Å². The van der Waals surface area contributed by atoms with E-state index in [1.165, 1.54) is 23.5 Å². The second-order valence-corrected chi connectivity index (χ2v) is 9.59. The van der Waals surface area contributed by atoms with Crippen molar-refractivity contribution in [3.8, 4) is 5.75 Å². The molecule has 1 saturated heterocycles. The number of sulfonamides is 1. The number of nitrogens with zero attached hydrogens (tertiary/aromatic N) is 1. The van der Waals surface area contributed by atoms with E-state index in [9.17, 15) is 13.2 Å². The Labute approximate surface area is 172 Å². The highest BCUT2D eigenvalue weighted by Gasteiger charge is 2.33. The van der Waals surface area contributed by atoms with Gasteiger partial charge >= 0.3 is 0 Å². The van der Waals surface area contributed by atoms with Crippen LogP contribution in [0.1, 0.15) is 38.2 Å². The molecule has 0 saturated carbocycles. The van der Waals surface area contributed by atoms with E-state index in [1.807, 2.05) is 24.3 Å². The van der Waals surface area contributed by atoms with Crippen LogP contribution in [0.3, 0.4) is 0 Å². The summed E-state index contributed by atoms with van der Waals surface area (Å²) in [6.07, 6.45) is 1.32. The maximum atomic E-state index is 13.0. The molecule has 0 bridgehead atoms. The Hall–Kier alpha value is -2.38. The summed E-state index contributed by atoms with van der Waals surface area (Å²) in [5.74, 6) is 0.454. The molecule has 1 amide bonds. The molecule has 0 unspecified atom stereocenters. The first-order valence-corrected chi connectivity index (χ1v) is 11.3. The van der Waals surface area contributed by atoms with Crippen LogP contribution in [0.15, 0.2) is 53.4 Å². The predicted molar refractivity (Wildman–Crippen MR) is 114 cm³/mol. The van der Waals surface area contributed by atoms with Crippen LogP contribution >= 0.6 is 0 Å². The fraction of sp³-hybridized carbons (Fsp3) is 0.409. The number of benzene rings is 2. The maximum absolute atomic E-state index is 13.0. The molecule has 1 fully saturated rings. The van der Waals surface area contributed by atoms with Crippen LogP contribution in [0.25, 0.3) is 0 Å². The molecule has 0 aliphatic carbocycles. The Kier molecular flexibility index (Phi) is 6.59. The molecular formula is C22H28N2O4S. The number of anilines is 1. The van der Waals surface area contributed by atoms with Gasteiger partial charge in [-0.2, -0.15) is 4.31 Å². The van der Waals surface area contributed by atoms with Gasteiger partial charge in [0.2, 0.25) is 15.9 Å². The summed E-state index contributed by atoms with van der Waals surface area (Å²) in [7, 11) is -2.11. The van der Waals surface area contributed by atoms with Crippen LogP contribution in [0.5, 0.6) is 5.75 Å². The monoisotopic (exact) mass is 416 g/mol. The third-order valence-electron chi connectivity index (χ3n) is 5.27. The topological polar surface area (TPSA) is 75.7 Å². The number of rotatable bonds is 6. The van der Waals surface area contributed by atoms with Crippen LogP contribution < -0.4 is 10.1 Å². The van der Waals surface area contributed by atoms with Gasteiger partial charge in [-0.1, -0.05) is 26.0 Å². The highest BCUT2D eigenvalue weighted by molar-refractivity contribution is 7.89. The van der Waals surface area contributed by atoms with Crippen molar-refractivity contribution in [2.45, 2.75) is 37.5 Å². The van der Waals surface area contributed by atoms with E-state index >= 15 is 0 Å². The normalized spacial score (nSPS) is 17.9. The average molecular weight is 417 g/mol. The second-order valence-electron chi connectivity index (χ2n) is 7.65. The zero-order valence-electron chi connectivity index (χ0n) is 17.1. The number of hydrogen-bond donors (Lipinski definition) is 1. The lowest BCUT2D eigenvalue weighted by Gasteiger charge is -2.31. The summed E-state index contributed by atoms with van der Waals surface area (Å²) in [6.45, 7) is 4.80. The van der Waals surface area contributed by atoms with Crippen molar-refractivity contribution in [3.63, 3.8) is 0 Å². The summed E-state index contributed by atoms with van der Waals surface area (Å²) in [5.41, 5.74) is 1.89. The maximum Gasteiger partial charge on any atom is 0.243 e. The first-order chi connectivity index (χ1) is 13.8. The number of methoxy groups -OCH3 is 1. The molecule has 3 rings (SSSR count). The summed E-state index contributed by atoms with van der Waals surface area (Å²) in [4.78, 5) is 13.0. The smallest absolute Gasteiger partial charge is 0.243 e. The second kappa shape index (κ2) is 8.97. The lowest BCUT2D eigenvalue weighted by molar-refractivity contribution is -0.120. The summed E-state index contributed by atoms with van der Waals surface area (Å²) in [5, 5.41) is 2.96. The van der Waals surface area contributed by atoms with Crippen molar-refractivity contribution in [2.75, 3.05) is 25.5 Å². The lowest BCUT2D eigenvalue weighted by Crippen LogP contribution is -2.43. The number of hydrogen-bond acceptors (Lipinski definition) is 4. The standard InChI is InChI=1S/C22H28N2O4S/c1-16(2)17-6-4-8-19(14-17)23-22(25)18-7-5-13-24(15-18)29(26,27)21-11-9-20(28-3)10-12-21/h4,6,8-12,14,16,18H,5,7,13,15H2,1-3H3,(H,23,25)/t18-/m0/s1. The molecule has 0 radical (unpaired) electrons. The molecule has 7 heteroatoms. The first-order valence-electron chi connectivity index (χ1n) is 9.86. The predicted octanol–water partition coefficient (Wildman–Crippen LogP) is 3.86. The van der Waals surface area contributed by atoms with Crippen LogP contribution in [-0.2, 0) is 14.8 Å². The summed E-state index contributed by atoms with van der Waals surface area (Å²) >= 11 is 0. The molecule has 1 heterocycles. The average Bonchev–Trinajstić information content (AvgIpc) is 2.74. The Morgan fingerprint density at radius 2 is 1.90 bits per heavy atom. The van der Waals surface area contributed by atoms with Gasteiger partial charge < -0.3 is 10.1 Å². The fourth-order valence-electron chi connectivity index (χ4n) is 3.49. The largest absolute Gasteiger partial charge is 0.497 e. The number of carbonyl (C=O) groups is 1. The van der Waals surface area contributed by atoms with Gasteiger partial charge in [-0.25, -0.2) is 8.42 Å². The van der Waals surface area contributed by atoms with Gasteiger partial charge in [0.25, 0.3) is 0 Å². The molecular weight excluding hydrogens is 388 g/mol. The third kappa shape index (κ3) is 4.97. The Morgan fingerprint density at radius 1 is 1.17 bits per heavy atom. The van der Waals surface area contributed by atoms with E-state index in [2.05, 4.69) is 19.2 Å². The summed E-state index contributed by atoms with van der Waals surface area (Å²) in [6, 6.07) is 14.1. The van der Waals surface area contributed by atoms with Gasteiger partial charge in [0, 0.05) is 18.8 Å². The molecule has 6 nitrogen and oxygen atoms in total. The van der Waals surface area contributed by atoms with E-state index in [0.717, 1.165) is 11.3 Å². The van der Waals surface area contributed by atoms with Crippen molar-refractivity contribution >= 4 is 21.6 Å². The molecule has 1 N–H and O–H groups in total. The van der Waals surface area contributed by atoms with Gasteiger partial charge in [-0.15, -0.1) is 0 Å². The first kappa shape index (κ1) is 21.3. The van der Waals surface area contributed by atoms with Gasteiger partial charge in [0.05, 0.1) is 17.9 Å². The number of nitrogens with one attached hydrogen (secondary N) is 1. The lowest BCUT2D eigenvalue weighted by atomic mass is 9.98. The SMILES string of the molecule is COc1ccc(S(=O)(=O)N2CCC[C@H](C(=O)Nc3cccc(C(C)C)c3)C2)cc1. The fourth-order valence-corrected chi connectivity index (χ4v) is 5.02. The van der Waals surface area contributed by atoms with E-state index < -0.39 is 10.0 Å². The number of carbonyl (C=O) groups excluding carboxylic acids is 1. The van der Waals surface area contributed by atoms with Crippen molar-refractivity contribution in [2.24, 2.45) is 5.92 Å². The Balaban J connectivity index is 1.71. The van der Waals surface area contributed by atoms with Gasteiger partial charge in [0.15, 0.2) is 0 Å². The number of ether oxygens (including phenoxy) is 1. The molecule has 0 spiro atoms. The molecule has 156 valence electrons. The minimum absolute atomic E-state index is 0.138. The molecule has 29 heavy (non-hydrogen) atoms. The van der Waals surface area contributed by atoms with Crippen LogP contribution in [0, 0.1) is 5.92 Å². The quantitative estimate of drug-likeness (QED) is 0.776. The van der Waals surface area contributed by atoms with Crippen LogP contribution in [-0.4, -0.2) is 38.8 Å². The van der Waals surface area contributed by atoms with Crippen LogP contribution in [0.4, 0.5) is 5.69 Å². The molecule has 1 atom stereocenters. The van der Waals surface area contributed by atoms with E-state index in [4.69, 9.17) is 4.74 Å². The zero-order valence-corrected chi connectivity index (χ0v) is 17.9.